The molecule has 0 aliphatic heterocycles. The minimum Gasteiger partial charge on any atom is -0.352 e. The van der Waals surface area contributed by atoms with Crippen LogP contribution >= 0.6 is 0 Å². The van der Waals surface area contributed by atoms with Crippen molar-refractivity contribution in [3.05, 3.63) is 0 Å². The summed E-state index contributed by atoms with van der Waals surface area (Å²) in [6.07, 6.45) is 8.30. The van der Waals surface area contributed by atoms with Gasteiger partial charge in [0.2, 0.25) is 5.91 Å². The first kappa shape index (κ1) is 13.5. The van der Waals surface area contributed by atoms with E-state index in [2.05, 4.69) is 12.2 Å². The van der Waals surface area contributed by atoms with Gasteiger partial charge in [0.05, 0.1) is 6.04 Å². The zero-order valence-corrected chi connectivity index (χ0v) is 10.7. The van der Waals surface area contributed by atoms with Gasteiger partial charge >= 0.3 is 0 Å². The highest BCUT2D eigenvalue weighted by Gasteiger charge is 2.21. The number of nitrogens with two attached hydrogens (primary N) is 1. The predicted molar refractivity (Wildman–Crippen MR) is 67.1 cm³/mol. The second-order valence-corrected chi connectivity index (χ2v) is 5.16. The molecule has 0 aromatic rings. The Bertz CT molecular complexity index is 212. The van der Waals surface area contributed by atoms with Crippen molar-refractivity contribution in [2.45, 2.75) is 70.9 Å². The third-order valence-corrected chi connectivity index (χ3v) is 3.65. The smallest absolute Gasteiger partial charge is 0.237 e. The molecule has 0 aromatic heterocycles. The topological polar surface area (TPSA) is 55.1 Å². The molecule has 3 heteroatoms. The second-order valence-electron chi connectivity index (χ2n) is 5.16. The van der Waals surface area contributed by atoms with Gasteiger partial charge in [-0.25, -0.2) is 0 Å². The third kappa shape index (κ3) is 4.52. The molecule has 3 N–H and O–H groups in total. The van der Waals surface area contributed by atoms with Crippen LogP contribution < -0.4 is 11.1 Å². The van der Waals surface area contributed by atoms with Crippen LogP contribution in [0.4, 0.5) is 0 Å². The molecular weight excluding hydrogens is 200 g/mol. The molecule has 0 saturated heterocycles. The standard InChI is InChI=1S/C13H26N2O/c1-3-10(2)15-13(16)12(14)9-11-7-5-4-6-8-11/h10-12H,3-9,14H2,1-2H3,(H,15,16)/t10-,12+/m1/s1. The van der Waals surface area contributed by atoms with Crippen molar-refractivity contribution < 1.29 is 4.79 Å². The molecule has 1 rings (SSSR count). The molecule has 1 saturated carbocycles. The lowest BCUT2D eigenvalue weighted by Crippen LogP contribution is -2.45. The fourth-order valence-electron chi connectivity index (χ4n) is 2.34. The average Bonchev–Trinajstić information content (AvgIpc) is 2.30. The fourth-order valence-corrected chi connectivity index (χ4v) is 2.34. The highest BCUT2D eigenvalue weighted by atomic mass is 16.2. The lowest BCUT2D eigenvalue weighted by Gasteiger charge is -2.24. The maximum Gasteiger partial charge on any atom is 0.237 e. The quantitative estimate of drug-likeness (QED) is 0.755. The van der Waals surface area contributed by atoms with Gasteiger partial charge in [-0.3, -0.25) is 4.79 Å². The fraction of sp³-hybridized carbons (Fsp3) is 0.923. The van der Waals surface area contributed by atoms with E-state index < -0.39 is 0 Å². The van der Waals surface area contributed by atoms with E-state index in [0.29, 0.717) is 5.92 Å². The van der Waals surface area contributed by atoms with E-state index in [1.54, 1.807) is 0 Å². The monoisotopic (exact) mass is 226 g/mol. The minimum atomic E-state index is -0.308. The molecule has 16 heavy (non-hydrogen) atoms. The van der Waals surface area contributed by atoms with E-state index in [4.69, 9.17) is 5.73 Å². The zero-order chi connectivity index (χ0) is 12.0. The summed E-state index contributed by atoms with van der Waals surface area (Å²) in [6, 6.07) is -0.0676. The summed E-state index contributed by atoms with van der Waals surface area (Å²) in [7, 11) is 0. The SMILES string of the molecule is CC[C@@H](C)NC(=O)[C@@H](N)CC1CCCCC1. The van der Waals surface area contributed by atoms with Crippen molar-refractivity contribution in [2.24, 2.45) is 11.7 Å². The average molecular weight is 226 g/mol. The summed E-state index contributed by atoms with van der Waals surface area (Å²) in [4.78, 5) is 11.7. The molecular formula is C13H26N2O. The molecule has 0 unspecified atom stereocenters. The maximum absolute atomic E-state index is 11.7. The molecule has 2 atom stereocenters. The summed E-state index contributed by atoms with van der Waals surface area (Å²) in [6.45, 7) is 4.09. The first-order valence-electron chi connectivity index (χ1n) is 6.69. The lowest BCUT2D eigenvalue weighted by atomic mass is 9.85. The maximum atomic E-state index is 11.7. The van der Waals surface area contributed by atoms with Gasteiger partial charge in [0.15, 0.2) is 0 Å². The van der Waals surface area contributed by atoms with Gasteiger partial charge in [-0.15, -0.1) is 0 Å². The lowest BCUT2D eigenvalue weighted by molar-refractivity contribution is -0.123. The summed E-state index contributed by atoms with van der Waals surface area (Å²) < 4.78 is 0. The number of hydrogen-bond acceptors (Lipinski definition) is 2. The van der Waals surface area contributed by atoms with Crippen molar-refractivity contribution in [1.82, 2.24) is 5.32 Å². The van der Waals surface area contributed by atoms with Gasteiger partial charge in [0.25, 0.3) is 0 Å². The van der Waals surface area contributed by atoms with Crippen LogP contribution in [0, 0.1) is 5.92 Å². The van der Waals surface area contributed by atoms with E-state index in [1.807, 2.05) is 6.92 Å². The van der Waals surface area contributed by atoms with Crippen molar-refractivity contribution in [2.75, 3.05) is 0 Å². The highest BCUT2D eigenvalue weighted by molar-refractivity contribution is 5.81. The molecule has 1 aliphatic carbocycles. The largest absolute Gasteiger partial charge is 0.352 e. The highest BCUT2D eigenvalue weighted by Crippen LogP contribution is 2.26. The number of hydrogen-bond donors (Lipinski definition) is 2. The van der Waals surface area contributed by atoms with Gasteiger partial charge in [-0.2, -0.15) is 0 Å². The van der Waals surface area contributed by atoms with Gasteiger partial charge < -0.3 is 11.1 Å². The molecule has 94 valence electrons. The van der Waals surface area contributed by atoms with Gasteiger partial charge in [-0.1, -0.05) is 39.0 Å². The molecule has 0 heterocycles. The zero-order valence-electron chi connectivity index (χ0n) is 10.7. The molecule has 0 spiro atoms. The third-order valence-electron chi connectivity index (χ3n) is 3.65. The Balaban J connectivity index is 2.27. The first-order valence-corrected chi connectivity index (χ1v) is 6.69. The van der Waals surface area contributed by atoms with E-state index in [-0.39, 0.29) is 18.0 Å². The van der Waals surface area contributed by atoms with E-state index in [9.17, 15) is 4.79 Å². The normalized spacial score (nSPS) is 21.4. The van der Waals surface area contributed by atoms with Crippen LogP contribution in [-0.2, 0) is 4.79 Å². The number of carbonyl (C=O) groups is 1. The molecule has 0 aromatic carbocycles. The van der Waals surface area contributed by atoms with Crippen LogP contribution in [0.15, 0.2) is 0 Å². The minimum absolute atomic E-state index is 0.0277. The number of rotatable bonds is 5. The van der Waals surface area contributed by atoms with Crippen LogP contribution in [0.25, 0.3) is 0 Å². The Kier molecular flexibility index (Phi) is 5.81. The summed E-state index contributed by atoms with van der Waals surface area (Å²) in [5.41, 5.74) is 5.94. The Morgan fingerprint density at radius 2 is 2.00 bits per heavy atom. The van der Waals surface area contributed by atoms with Crippen molar-refractivity contribution in [3.63, 3.8) is 0 Å². The second kappa shape index (κ2) is 6.89. The Morgan fingerprint density at radius 1 is 1.38 bits per heavy atom. The number of nitrogens with one attached hydrogen (secondary N) is 1. The summed E-state index contributed by atoms with van der Waals surface area (Å²) in [5.74, 6) is 0.700. The van der Waals surface area contributed by atoms with Crippen LogP contribution in [0.3, 0.4) is 0 Å². The van der Waals surface area contributed by atoms with Crippen molar-refractivity contribution in [3.8, 4) is 0 Å². The molecule has 3 nitrogen and oxygen atoms in total. The number of carbonyl (C=O) groups excluding carboxylic acids is 1. The Labute approximate surface area is 99.2 Å². The van der Waals surface area contributed by atoms with E-state index >= 15 is 0 Å². The Hall–Kier alpha value is -0.570. The molecule has 1 amide bonds. The van der Waals surface area contributed by atoms with Crippen LogP contribution in [-0.4, -0.2) is 18.0 Å². The molecule has 0 radical (unpaired) electrons. The summed E-state index contributed by atoms with van der Waals surface area (Å²) in [5, 5.41) is 2.95. The Morgan fingerprint density at radius 3 is 2.56 bits per heavy atom. The molecule has 1 fully saturated rings. The first-order chi connectivity index (χ1) is 7.63. The van der Waals surface area contributed by atoms with Gasteiger partial charge in [0.1, 0.15) is 0 Å². The predicted octanol–water partition coefficient (Wildman–Crippen LogP) is 2.20. The van der Waals surface area contributed by atoms with Crippen LogP contribution in [0.5, 0.6) is 0 Å². The summed E-state index contributed by atoms with van der Waals surface area (Å²) >= 11 is 0. The molecule has 0 bridgehead atoms. The van der Waals surface area contributed by atoms with Crippen LogP contribution in [0.1, 0.15) is 58.8 Å². The van der Waals surface area contributed by atoms with E-state index in [1.165, 1.54) is 32.1 Å². The van der Waals surface area contributed by atoms with Crippen molar-refractivity contribution >= 4 is 5.91 Å². The van der Waals surface area contributed by atoms with Gasteiger partial charge in [0, 0.05) is 6.04 Å². The van der Waals surface area contributed by atoms with E-state index in [0.717, 1.165) is 12.8 Å². The van der Waals surface area contributed by atoms with Crippen molar-refractivity contribution in [1.29, 1.82) is 0 Å². The van der Waals surface area contributed by atoms with Crippen LogP contribution in [0.2, 0.25) is 0 Å². The molecule has 1 aliphatic rings. The number of amides is 1. The van der Waals surface area contributed by atoms with Gasteiger partial charge in [-0.05, 0) is 25.7 Å².